The Morgan fingerprint density at radius 2 is 2.15 bits per heavy atom. The molecule has 0 unspecified atom stereocenters. The number of nitrogens with one attached hydrogen (secondary N) is 3. The highest BCUT2D eigenvalue weighted by molar-refractivity contribution is 5.75. The van der Waals surface area contributed by atoms with Gasteiger partial charge < -0.3 is 15.1 Å². The van der Waals surface area contributed by atoms with Crippen molar-refractivity contribution in [3.8, 4) is 0 Å². The molecule has 3 N–H and O–H groups in total. The summed E-state index contributed by atoms with van der Waals surface area (Å²) in [5.41, 5.74) is 2.08. The SMILES string of the molecule is O=C(NCc1ccc2oc(=O)[nH]c2c1)NC1CCCC1. The number of hydrogen-bond acceptors (Lipinski definition) is 3. The number of amides is 2. The van der Waals surface area contributed by atoms with Gasteiger partial charge in [0, 0.05) is 12.6 Å². The van der Waals surface area contributed by atoms with Gasteiger partial charge in [-0.05, 0) is 30.5 Å². The van der Waals surface area contributed by atoms with Crippen molar-refractivity contribution >= 4 is 17.1 Å². The number of carbonyl (C=O) groups is 1. The maximum absolute atomic E-state index is 11.7. The smallest absolute Gasteiger partial charge is 0.408 e. The number of aromatic amines is 1. The van der Waals surface area contributed by atoms with Crippen molar-refractivity contribution in [1.82, 2.24) is 15.6 Å². The summed E-state index contributed by atoms with van der Waals surface area (Å²) < 4.78 is 4.93. The zero-order valence-electron chi connectivity index (χ0n) is 11.1. The van der Waals surface area contributed by atoms with Crippen LogP contribution in [-0.4, -0.2) is 17.1 Å². The second-order valence-electron chi connectivity index (χ2n) is 5.15. The van der Waals surface area contributed by atoms with E-state index >= 15 is 0 Å². The Morgan fingerprint density at radius 1 is 1.35 bits per heavy atom. The fraction of sp³-hybridized carbons (Fsp3) is 0.429. The number of hydrogen-bond donors (Lipinski definition) is 3. The number of carbonyl (C=O) groups excluding carboxylic acids is 1. The summed E-state index contributed by atoms with van der Waals surface area (Å²) in [5, 5.41) is 5.79. The molecule has 1 saturated carbocycles. The van der Waals surface area contributed by atoms with Crippen LogP contribution >= 0.6 is 0 Å². The topological polar surface area (TPSA) is 87.1 Å². The van der Waals surface area contributed by atoms with Crippen LogP contribution in [0.1, 0.15) is 31.2 Å². The van der Waals surface area contributed by atoms with Crippen LogP contribution in [0.3, 0.4) is 0 Å². The molecule has 0 spiro atoms. The van der Waals surface area contributed by atoms with E-state index < -0.39 is 5.76 Å². The number of rotatable bonds is 3. The molecule has 0 radical (unpaired) electrons. The van der Waals surface area contributed by atoms with Gasteiger partial charge >= 0.3 is 11.8 Å². The summed E-state index contributed by atoms with van der Waals surface area (Å²) in [6.07, 6.45) is 4.51. The van der Waals surface area contributed by atoms with Crippen molar-refractivity contribution in [2.45, 2.75) is 38.3 Å². The van der Waals surface area contributed by atoms with Crippen LogP contribution in [0.5, 0.6) is 0 Å². The van der Waals surface area contributed by atoms with Crippen LogP contribution < -0.4 is 16.4 Å². The highest BCUT2D eigenvalue weighted by Gasteiger charge is 2.16. The molecule has 0 bridgehead atoms. The molecule has 1 aliphatic rings. The van der Waals surface area contributed by atoms with E-state index in [2.05, 4.69) is 15.6 Å². The van der Waals surface area contributed by atoms with Gasteiger partial charge in [0.1, 0.15) is 0 Å². The molecule has 6 nitrogen and oxygen atoms in total. The van der Waals surface area contributed by atoms with Crippen LogP contribution in [0.15, 0.2) is 27.4 Å². The molecule has 0 saturated heterocycles. The first-order valence-corrected chi connectivity index (χ1v) is 6.87. The van der Waals surface area contributed by atoms with Gasteiger partial charge in [0.15, 0.2) is 5.58 Å². The number of H-pyrrole nitrogens is 1. The maximum Gasteiger partial charge on any atom is 0.417 e. The second-order valence-corrected chi connectivity index (χ2v) is 5.15. The average Bonchev–Trinajstić information content (AvgIpc) is 3.04. The predicted octanol–water partition coefficient (Wildman–Crippen LogP) is 1.86. The maximum atomic E-state index is 11.7. The van der Waals surface area contributed by atoms with Gasteiger partial charge in [-0.25, -0.2) is 9.59 Å². The molecule has 0 aliphatic heterocycles. The highest BCUT2D eigenvalue weighted by atomic mass is 16.4. The molecule has 1 aliphatic carbocycles. The van der Waals surface area contributed by atoms with Crippen LogP contribution in [0.25, 0.3) is 11.1 Å². The Labute approximate surface area is 115 Å². The fourth-order valence-corrected chi connectivity index (χ4v) is 2.60. The van der Waals surface area contributed by atoms with Crippen LogP contribution in [-0.2, 0) is 6.54 Å². The Kier molecular flexibility index (Phi) is 3.45. The van der Waals surface area contributed by atoms with E-state index in [0.29, 0.717) is 23.7 Å². The van der Waals surface area contributed by atoms with E-state index in [0.717, 1.165) is 18.4 Å². The average molecular weight is 275 g/mol. The van der Waals surface area contributed by atoms with Gasteiger partial charge in [-0.3, -0.25) is 4.98 Å². The molecule has 2 aromatic rings. The Hall–Kier alpha value is -2.24. The van der Waals surface area contributed by atoms with Crippen molar-refractivity contribution in [1.29, 1.82) is 0 Å². The lowest BCUT2D eigenvalue weighted by Gasteiger charge is -2.12. The number of benzene rings is 1. The van der Waals surface area contributed by atoms with Gasteiger partial charge in [-0.2, -0.15) is 0 Å². The van der Waals surface area contributed by atoms with Crippen LogP contribution in [0.2, 0.25) is 0 Å². The third-order valence-corrected chi connectivity index (χ3v) is 3.63. The van der Waals surface area contributed by atoms with Crippen molar-refractivity contribution in [3.05, 3.63) is 34.3 Å². The lowest BCUT2D eigenvalue weighted by Crippen LogP contribution is -2.40. The standard InChI is InChI=1S/C14H17N3O3/c18-13(16-10-3-1-2-4-10)15-8-9-5-6-12-11(7-9)17-14(19)20-12/h5-7,10H,1-4,8H2,(H,17,19)(H2,15,16,18). The van der Waals surface area contributed by atoms with Crippen LogP contribution in [0, 0.1) is 0 Å². The van der Waals surface area contributed by atoms with E-state index in [1.54, 1.807) is 12.1 Å². The third-order valence-electron chi connectivity index (χ3n) is 3.63. The van der Waals surface area contributed by atoms with Crippen molar-refractivity contribution < 1.29 is 9.21 Å². The van der Waals surface area contributed by atoms with Crippen LogP contribution in [0.4, 0.5) is 4.79 Å². The lowest BCUT2D eigenvalue weighted by molar-refractivity contribution is 0.236. The minimum absolute atomic E-state index is 0.141. The monoisotopic (exact) mass is 275 g/mol. The zero-order chi connectivity index (χ0) is 13.9. The van der Waals surface area contributed by atoms with Gasteiger partial charge in [-0.15, -0.1) is 0 Å². The van der Waals surface area contributed by atoms with E-state index in [1.807, 2.05) is 6.07 Å². The summed E-state index contributed by atoms with van der Waals surface area (Å²) in [5.74, 6) is -0.468. The third kappa shape index (κ3) is 2.84. The molecule has 20 heavy (non-hydrogen) atoms. The molecule has 6 heteroatoms. The fourth-order valence-electron chi connectivity index (χ4n) is 2.60. The Bertz CT molecular complexity index is 668. The quantitative estimate of drug-likeness (QED) is 0.799. The normalized spacial score (nSPS) is 15.6. The molecule has 1 heterocycles. The molecule has 2 amide bonds. The molecule has 1 aromatic heterocycles. The summed E-state index contributed by atoms with van der Waals surface area (Å²) in [6, 6.07) is 5.52. The predicted molar refractivity (Wildman–Crippen MR) is 74.5 cm³/mol. The first-order chi connectivity index (χ1) is 9.70. The number of fused-ring (bicyclic) bond motifs is 1. The van der Waals surface area contributed by atoms with E-state index in [4.69, 9.17) is 4.42 Å². The van der Waals surface area contributed by atoms with Gasteiger partial charge in [-0.1, -0.05) is 18.9 Å². The number of urea groups is 1. The first kappa shape index (κ1) is 12.8. The molecule has 0 atom stereocenters. The van der Waals surface area contributed by atoms with Gasteiger partial charge in [0.25, 0.3) is 0 Å². The van der Waals surface area contributed by atoms with Crippen molar-refractivity contribution in [2.75, 3.05) is 0 Å². The summed E-state index contributed by atoms with van der Waals surface area (Å²) in [6.45, 7) is 0.418. The summed E-state index contributed by atoms with van der Waals surface area (Å²) in [4.78, 5) is 25.4. The Morgan fingerprint density at radius 3 is 2.95 bits per heavy atom. The summed E-state index contributed by atoms with van der Waals surface area (Å²) in [7, 11) is 0. The lowest BCUT2D eigenvalue weighted by atomic mass is 10.2. The number of oxazole rings is 1. The van der Waals surface area contributed by atoms with E-state index in [1.165, 1.54) is 12.8 Å². The van der Waals surface area contributed by atoms with Gasteiger partial charge in [0.05, 0.1) is 5.52 Å². The van der Waals surface area contributed by atoms with E-state index in [-0.39, 0.29) is 6.03 Å². The molecule has 106 valence electrons. The number of aromatic nitrogens is 1. The molecular formula is C14H17N3O3. The highest BCUT2D eigenvalue weighted by Crippen LogP contribution is 2.17. The molecule has 1 aromatic carbocycles. The van der Waals surface area contributed by atoms with Crippen molar-refractivity contribution in [3.63, 3.8) is 0 Å². The largest absolute Gasteiger partial charge is 0.417 e. The first-order valence-electron chi connectivity index (χ1n) is 6.87. The molecular weight excluding hydrogens is 258 g/mol. The molecule has 3 rings (SSSR count). The van der Waals surface area contributed by atoms with E-state index in [9.17, 15) is 9.59 Å². The van der Waals surface area contributed by atoms with Crippen molar-refractivity contribution in [2.24, 2.45) is 0 Å². The minimum Gasteiger partial charge on any atom is -0.408 e. The minimum atomic E-state index is -0.468. The van der Waals surface area contributed by atoms with Gasteiger partial charge in [0.2, 0.25) is 0 Å². The second kappa shape index (κ2) is 5.40. The Balaban J connectivity index is 1.58. The zero-order valence-corrected chi connectivity index (χ0v) is 11.1. The summed E-state index contributed by atoms with van der Waals surface area (Å²) >= 11 is 0. The molecule has 1 fully saturated rings.